The number of thioether (sulfide) groups is 1. The number of hydrogen-bond acceptors (Lipinski definition) is 5. The van der Waals surface area contributed by atoms with Gasteiger partial charge in [-0.25, -0.2) is 9.59 Å². The Labute approximate surface area is 172 Å². The summed E-state index contributed by atoms with van der Waals surface area (Å²) in [7, 11) is 0. The molecule has 0 saturated heterocycles. The molecule has 8 heteroatoms. The Bertz CT molecular complexity index is 870. The zero-order valence-corrected chi connectivity index (χ0v) is 16.4. The van der Waals surface area contributed by atoms with Crippen LogP contribution in [0.15, 0.2) is 48.5 Å². The minimum Gasteiger partial charge on any atom is -0.481 e. The van der Waals surface area contributed by atoms with Crippen LogP contribution in [0.25, 0.3) is 11.1 Å². The number of alkyl carbamates (subject to hydrolysis) is 1. The van der Waals surface area contributed by atoms with Crippen molar-refractivity contribution >= 4 is 29.8 Å². The summed E-state index contributed by atoms with van der Waals surface area (Å²) >= 11 is 1.10. The van der Waals surface area contributed by atoms with Crippen molar-refractivity contribution in [2.45, 2.75) is 18.4 Å². The van der Waals surface area contributed by atoms with Crippen LogP contribution in [-0.4, -0.2) is 52.4 Å². The molecule has 1 atom stereocenters. The number of benzene rings is 2. The third-order valence-electron chi connectivity index (χ3n) is 4.71. The Hall–Kier alpha value is -3.00. The van der Waals surface area contributed by atoms with Crippen LogP contribution in [0.5, 0.6) is 0 Å². The molecule has 0 saturated carbocycles. The van der Waals surface area contributed by atoms with E-state index in [2.05, 4.69) is 5.32 Å². The summed E-state index contributed by atoms with van der Waals surface area (Å²) in [6.45, 7) is 0.0972. The number of carboxylic acid groups (broad SMARTS) is 2. The summed E-state index contributed by atoms with van der Waals surface area (Å²) < 4.78 is 5.35. The van der Waals surface area contributed by atoms with E-state index in [1.165, 1.54) is 0 Å². The van der Waals surface area contributed by atoms with Crippen LogP contribution in [0.2, 0.25) is 0 Å². The highest BCUT2D eigenvalue weighted by Crippen LogP contribution is 2.44. The van der Waals surface area contributed by atoms with Crippen LogP contribution in [0.3, 0.4) is 0 Å². The molecule has 1 aliphatic rings. The number of carboxylic acids is 2. The van der Waals surface area contributed by atoms with E-state index in [-0.39, 0.29) is 24.7 Å². The molecule has 29 heavy (non-hydrogen) atoms. The number of amides is 1. The monoisotopic (exact) mass is 415 g/mol. The first kappa shape index (κ1) is 20.7. The minimum atomic E-state index is -1.19. The van der Waals surface area contributed by atoms with Crippen LogP contribution in [0.4, 0.5) is 4.79 Å². The molecule has 7 nitrogen and oxygen atoms in total. The molecule has 0 fully saturated rings. The smallest absolute Gasteiger partial charge is 0.407 e. The molecule has 3 rings (SSSR count). The zero-order valence-electron chi connectivity index (χ0n) is 15.5. The first-order chi connectivity index (χ1) is 14.0. The lowest BCUT2D eigenvalue weighted by molar-refractivity contribution is -0.139. The van der Waals surface area contributed by atoms with Gasteiger partial charge in [0.05, 0.1) is 5.75 Å². The summed E-state index contributed by atoms with van der Waals surface area (Å²) in [5, 5.41) is 20.2. The average molecular weight is 415 g/mol. The summed E-state index contributed by atoms with van der Waals surface area (Å²) in [5.41, 5.74) is 4.36. The zero-order chi connectivity index (χ0) is 20.8. The predicted molar refractivity (Wildman–Crippen MR) is 109 cm³/mol. The first-order valence-electron chi connectivity index (χ1n) is 9.11. The van der Waals surface area contributed by atoms with Crippen LogP contribution < -0.4 is 5.32 Å². The Morgan fingerprint density at radius 1 is 1.00 bits per heavy atom. The Morgan fingerprint density at radius 2 is 1.59 bits per heavy atom. The fourth-order valence-electron chi connectivity index (χ4n) is 3.40. The van der Waals surface area contributed by atoms with Gasteiger partial charge < -0.3 is 20.3 Å². The third kappa shape index (κ3) is 5.08. The van der Waals surface area contributed by atoms with Crippen molar-refractivity contribution in [2.24, 2.45) is 0 Å². The molecular formula is C21H21NO6S. The van der Waals surface area contributed by atoms with E-state index in [0.29, 0.717) is 5.75 Å². The summed E-state index contributed by atoms with van der Waals surface area (Å²) in [4.78, 5) is 34.1. The summed E-state index contributed by atoms with van der Waals surface area (Å²) in [6.07, 6.45) is -0.695. The number of nitrogens with one attached hydrogen (secondary N) is 1. The number of carbonyl (C=O) groups is 3. The van der Waals surface area contributed by atoms with E-state index < -0.39 is 24.1 Å². The van der Waals surface area contributed by atoms with Gasteiger partial charge in [-0.05, 0) is 34.4 Å². The van der Waals surface area contributed by atoms with Gasteiger partial charge in [-0.1, -0.05) is 48.5 Å². The first-order valence-corrected chi connectivity index (χ1v) is 10.3. The minimum absolute atomic E-state index is 0.0972. The van der Waals surface area contributed by atoms with Crippen LogP contribution in [0.1, 0.15) is 23.5 Å². The van der Waals surface area contributed by atoms with Gasteiger partial charge in [0, 0.05) is 5.92 Å². The van der Waals surface area contributed by atoms with Gasteiger partial charge in [0.2, 0.25) is 0 Å². The second-order valence-electron chi connectivity index (χ2n) is 6.60. The molecule has 2 aromatic rings. The molecule has 0 aromatic heterocycles. The third-order valence-corrected chi connectivity index (χ3v) is 5.69. The number of hydrogen-bond donors (Lipinski definition) is 3. The van der Waals surface area contributed by atoms with Crippen molar-refractivity contribution in [3.63, 3.8) is 0 Å². The predicted octanol–water partition coefficient (Wildman–Crippen LogP) is 3.19. The highest BCUT2D eigenvalue weighted by Gasteiger charge is 2.29. The van der Waals surface area contributed by atoms with Crippen molar-refractivity contribution in [2.75, 3.05) is 18.1 Å². The van der Waals surface area contributed by atoms with Crippen molar-refractivity contribution in [3.8, 4) is 11.1 Å². The largest absolute Gasteiger partial charge is 0.481 e. The van der Waals surface area contributed by atoms with Gasteiger partial charge in [-0.15, -0.1) is 0 Å². The van der Waals surface area contributed by atoms with E-state index in [9.17, 15) is 19.5 Å². The second-order valence-corrected chi connectivity index (χ2v) is 7.70. The maximum absolute atomic E-state index is 12.2. The maximum atomic E-state index is 12.2. The Kier molecular flexibility index (Phi) is 6.77. The van der Waals surface area contributed by atoms with Gasteiger partial charge in [0.15, 0.2) is 0 Å². The Balaban J connectivity index is 1.58. The molecule has 1 amide bonds. The molecule has 0 bridgehead atoms. The molecule has 152 valence electrons. The summed E-state index contributed by atoms with van der Waals surface area (Å²) in [6, 6.07) is 14.7. The molecule has 2 aromatic carbocycles. The van der Waals surface area contributed by atoms with Gasteiger partial charge in [0.1, 0.15) is 12.6 Å². The normalized spacial score (nSPS) is 13.2. The van der Waals surface area contributed by atoms with Crippen molar-refractivity contribution in [1.82, 2.24) is 5.32 Å². The van der Waals surface area contributed by atoms with Crippen molar-refractivity contribution in [3.05, 3.63) is 59.7 Å². The van der Waals surface area contributed by atoms with E-state index in [1.54, 1.807) is 0 Å². The van der Waals surface area contributed by atoms with E-state index in [4.69, 9.17) is 9.84 Å². The topological polar surface area (TPSA) is 113 Å². The van der Waals surface area contributed by atoms with Crippen molar-refractivity contribution in [1.29, 1.82) is 0 Å². The molecule has 3 N–H and O–H groups in total. The molecule has 1 aliphatic carbocycles. The average Bonchev–Trinajstić information content (AvgIpc) is 3.02. The molecule has 0 radical (unpaired) electrons. The van der Waals surface area contributed by atoms with E-state index >= 15 is 0 Å². The molecule has 0 heterocycles. The maximum Gasteiger partial charge on any atom is 0.407 e. The lowest BCUT2D eigenvalue weighted by Crippen LogP contribution is -2.41. The van der Waals surface area contributed by atoms with Gasteiger partial charge in [-0.2, -0.15) is 11.8 Å². The van der Waals surface area contributed by atoms with Crippen LogP contribution in [0, 0.1) is 0 Å². The lowest BCUT2D eigenvalue weighted by atomic mass is 9.98. The summed E-state index contributed by atoms with van der Waals surface area (Å²) in [5.74, 6) is -2.08. The molecule has 0 aliphatic heterocycles. The lowest BCUT2D eigenvalue weighted by Gasteiger charge is -2.17. The number of fused-ring (bicyclic) bond motifs is 3. The van der Waals surface area contributed by atoms with Gasteiger partial charge >= 0.3 is 18.0 Å². The second kappa shape index (κ2) is 9.47. The fourth-order valence-corrected chi connectivity index (χ4v) is 4.12. The highest BCUT2D eigenvalue weighted by atomic mass is 32.2. The van der Waals surface area contributed by atoms with E-state index in [0.717, 1.165) is 34.0 Å². The number of carbonyl (C=O) groups excluding carboxylic acids is 1. The number of ether oxygens (including phenoxy) is 1. The van der Waals surface area contributed by atoms with Crippen LogP contribution >= 0.6 is 11.8 Å². The molecular weight excluding hydrogens is 394 g/mol. The molecule has 1 unspecified atom stereocenters. The van der Waals surface area contributed by atoms with Crippen LogP contribution in [-0.2, 0) is 14.3 Å². The fraction of sp³-hybridized carbons (Fsp3) is 0.286. The number of rotatable bonds is 9. The van der Waals surface area contributed by atoms with Gasteiger partial charge in [-0.3, -0.25) is 4.79 Å². The standard InChI is InChI=1S/C21H21NO6S/c23-19(24)12-29-10-9-18(20(25)26)22-21(27)28-11-17-15-7-3-1-5-13(15)14-6-2-4-8-16(14)17/h1-8,17-18H,9-12H2,(H,22,27)(H,23,24)(H,25,26). The van der Waals surface area contributed by atoms with E-state index in [1.807, 2.05) is 48.5 Å². The quantitative estimate of drug-likeness (QED) is 0.539. The number of aliphatic carboxylic acids is 2. The SMILES string of the molecule is O=C(O)CSCCC(NC(=O)OCC1c2ccccc2-c2ccccc21)C(=O)O. The van der Waals surface area contributed by atoms with Crippen molar-refractivity contribution < 1.29 is 29.3 Å². The Morgan fingerprint density at radius 3 is 2.14 bits per heavy atom. The van der Waals surface area contributed by atoms with Gasteiger partial charge in [0.25, 0.3) is 0 Å². The molecule has 0 spiro atoms. The highest BCUT2D eigenvalue weighted by molar-refractivity contribution is 7.99.